The van der Waals surface area contributed by atoms with E-state index in [2.05, 4.69) is 45.0 Å². The van der Waals surface area contributed by atoms with E-state index in [1.54, 1.807) is 7.11 Å². The smallest absolute Gasteiger partial charge is 0.122 e. The van der Waals surface area contributed by atoms with E-state index in [1.807, 2.05) is 6.07 Å². The van der Waals surface area contributed by atoms with Gasteiger partial charge in [0.1, 0.15) is 5.75 Å². The molecule has 0 aliphatic rings. The maximum atomic E-state index is 5.36. The van der Waals surface area contributed by atoms with Gasteiger partial charge in [-0.2, -0.15) is 0 Å². The quantitative estimate of drug-likeness (QED) is 0.806. The van der Waals surface area contributed by atoms with E-state index in [-0.39, 0.29) is 12.4 Å². The molecule has 1 atom stereocenters. The molecule has 0 spiro atoms. The Morgan fingerprint density at radius 2 is 1.94 bits per heavy atom. The van der Waals surface area contributed by atoms with Crippen LogP contribution in [0.25, 0.3) is 0 Å². The van der Waals surface area contributed by atoms with Crippen molar-refractivity contribution in [1.82, 2.24) is 4.90 Å². The summed E-state index contributed by atoms with van der Waals surface area (Å²) >= 11 is 0. The molecule has 0 heterocycles. The molecule has 0 N–H and O–H groups in total. The number of methoxy groups -OCH3 is 1. The average molecular weight is 244 g/mol. The summed E-state index contributed by atoms with van der Waals surface area (Å²) in [7, 11) is 5.94. The van der Waals surface area contributed by atoms with E-state index >= 15 is 0 Å². The van der Waals surface area contributed by atoms with Gasteiger partial charge < -0.3 is 9.64 Å². The first-order chi connectivity index (χ1) is 7.04. The van der Waals surface area contributed by atoms with Crippen LogP contribution in [-0.4, -0.2) is 32.1 Å². The Labute approximate surface area is 105 Å². The van der Waals surface area contributed by atoms with Gasteiger partial charge in [-0.1, -0.05) is 17.7 Å². The Morgan fingerprint density at radius 1 is 1.31 bits per heavy atom. The fourth-order valence-corrected chi connectivity index (χ4v) is 1.57. The largest absolute Gasteiger partial charge is 0.496 e. The van der Waals surface area contributed by atoms with E-state index in [0.717, 1.165) is 12.2 Å². The highest BCUT2D eigenvalue weighted by molar-refractivity contribution is 5.85. The number of nitrogens with zero attached hydrogens (tertiary/aromatic N) is 1. The molecule has 1 rings (SSSR count). The zero-order chi connectivity index (χ0) is 11.4. The topological polar surface area (TPSA) is 12.5 Å². The molecule has 0 amide bonds. The molecule has 0 aromatic heterocycles. The number of hydrogen-bond donors (Lipinski definition) is 0. The molecule has 92 valence electrons. The van der Waals surface area contributed by atoms with Gasteiger partial charge in [-0.25, -0.2) is 0 Å². The minimum absolute atomic E-state index is 0. The second-order valence-electron chi connectivity index (χ2n) is 4.33. The molecule has 16 heavy (non-hydrogen) atoms. The molecular weight excluding hydrogens is 222 g/mol. The number of benzene rings is 1. The second kappa shape index (κ2) is 6.77. The summed E-state index contributed by atoms with van der Waals surface area (Å²) in [5.74, 6) is 0.995. The Bertz CT molecular complexity index is 326. The van der Waals surface area contributed by atoms with E-state index < -0.39 is 0 Å². The van der Waals surface area contributed by atoms with Crippen molar-refractivity contribution in [3.8, 4) is 5.75 Å². The van der Waals surface area contributed by atoms with Crippen molar-refractivity contribution < 1.29 is 4.74 Å². The first-order valence-corrected chi connectivity index (χ1v) is 5.34. The van der Waals surface area contributed by atoms with Gasteiger partial charge in [0.05, 0.1) is 7.11 Å². The van der Waals surface area contributed by atoms with Crippen LogP contribution in [0.3, 0.4) is 0 Å². The Hall–Kier alpha value is -0.730. The average Bonchev–Trinajstić information content (AvgIpc) is 2.18. The molecule has 0 radical (unpaired) electrons. The summed E-state index contributed by atoms with van der Waals surface area (Å²) < 4.78 is 5.36. The van der Waals surface area contributed by atoms with Gasteiger partial charge >= 0.3 is 0 Å². The van der Waals surface area contributed by atoms with Crippen molar-refractivity contribution >= 4 is 12.4 Å². The number of hydrogen-bond acceptors (Lipinski definition) is 2. The normalized spacial score (nSPS) is 12.1. The Kier molecular flexibility index (Phi) is 6.46. The van der Waals surface area contributed by atoms with Crippen molar-refractivity contribution in [3.05, 3.63) is 29.3 Å². The van der Waals surface area contributed by atoms with Crippen molar-refractivity contribution in [2.75, 3.05) is 21.2 Å². The molecule has 3 heteroatoms. The fraction of sp³-hybridized carbons (Fsp3) is 0.538. The lowest BCUT2D eigenvalue weighted by molar-refractivity contribution is 0.308. The number of rotatable bonds is 4. The maximum Gasteiger partial charge on any atom is 0.122 e. The van der Waals surface area contributed by atoms with E-state index in [0.29, 0.717) is 6.04 Å². The molecule has 0 fully saturated rings. The first kappa shape index (κ1) is 15.3. The van der Waals surface area contributed by atoms with Crippen molar-refractivity contribution in [2.45, 2.75) is 26.3 Å². The maximum absolute atomic E-state index is 5.36. The minimum atomic E-state index is 0. The first-order valence-electron chi connectivity index (χ1n) is 5.34. The lowest BCUT2D eigenvalue weighted by Crippen LogP contribution is -2.26. The molecule has 0 bridgehead atoms. The number of halogens is 1. The highest BCUT2D eigenvalue weighted by atomic mass is 35.5. The second-order valence-corrected chi connectivity index (χ2v) is 4.33. The van der Waals surface area contributed by atoms with Gasteiger partial charge in [-0.3, -0.25) is 0 Å². The summed E-state index contributed by atoms with van der Waals surface area (Å²) in [6.07, 6.45) is 1.03. The van der Waals surface area contributed by atoms with Crippen molar-refractivity contribution in [3.63, 3.8) is 0 Å². The van der Waals surface area contributed by atoms with Crippen molar-refractivity contribution in [1.29, 1.82) is 0 Å². The molecular formula is C13H22ClNO. The molecule has 2 nitrogen and oxygen atoms in total. The predicted molar refractivity (Wildman–Crippen MR) is 71.8 cm³/mol. The van der Waals surface area contributed by atoms with Crippen LogP contribution in [0, 0.1) is 6.92 Å². The van der Waals surface area contributed by atoms with E-state index in [4.69, 9.17) is 4.74 Å². The van der Waals surface area contributed by atoms with Gasteiger partial charge in [-0.05, 0) is 46.0 Å². The zero-order valence-corrected chi connectivity index (χ0v) is 11.6. The standard InChI is InChI=1S/C13H21NO.ClH/c1-10-6-7-13(15-5)12(8-10)9-11(2)14(3)4;/h6-8,11H,9H2,1-5H3;1H. The van der Waals surface area contributed by atoms with Gasteiger partial charge in [0.25, 0.3) is 0 Å². The SMILES string of the molecule is COc1ccc(C)cc1CC(C)N(C)C.Cl. The summed E-state index contributed by atoms with van der Waals surface area (Å²) in [5.41, 5.74) is 2.58. The Morgan fingerprint density at radius 3 is 2.44 bits per heavy atom. The van der Waals surface area contributed by atoms with Crippen LogP contribution in [0.15, 0.2) is 18.2 Å². The zero-order valence-electron chi connectivity index (χ0n) is 10.8. The van der Waals surface area contributed by atoms with Gasteiger partial charge in [0.2, 0.25) is 0 Å². The van der Waals surface area contributed by atoms with Crippen LogP contribution in [0.4, 0.5) is 0 Å². The molecule has 0 aliphatic heterocycles. The summed E-state index contributed by atoms with van der Waals surface area (Å²) in [6.45, 7) is 4.34. The van der Waals surface area contributed by atoms with Gasteiger partial charge in [-0.15, -0.1) is 12.4 Å². The molecule has 0 aliphatic carbocycles. The summed E-state index contributed by atoms with van der Waals surface area (Å²) in [6, 6.07) is 6.87. The van der Waals surface area contributed by atoms with E-state index in [9.17, 15) is 0 Å². The number of ether oxygens (including phenoxy) is 1. The third kappa shape index (κ3) is 4.03. The van der Waals surface area contributed by atoms with Crippen LogP contribution in [0.2, 0.25) is 0 Å². The highest BCUT2D eigenvalue weighted by Crippen LogP contribution is 2.21. The molecule has 1 aromatic carbocycles. The number of aryl methyl sites for hydroxylation is 1. The van der Waals surface area contributed by atoms with Gasteiger partial charge in [0.15, 0.2) is 0 Å². The number of likely N-dealkylation sites (N-methyl/N-ethyl adjacent to an activating group) is 1. The summed E-state index contributed by atoms with van der Waals surface area (Å²) in [4.78, 5) is 2.22. The van der Waals surface area contributed by atoms with Crippen LogP contribution in [-0.2, 0) is 6.42 Å². The Balaban J connectivity index is 0.00000225. The third-order valence-electron chi connectivity index (χ3n) is 2.83. The monoisotopic (exact) mass is 243 g/mol. The lowest BCUT2D eigenvalue weighted by Gasteiger charge is -2.21. The van der Waals surface area contributed by atoms with E-state index in [1.165, 1.54) is 11.1 Å². The molecule has 0 saturated heterocycles. The lowest BCUT2D eigenvalue weighted by atomic mass is 10.0. The van der Waals surface area contributed by atoms with Crippen LogP contribution >= 0.6 is 12.4 Å². The summed E-state index contributed by atoms with van der Waals surface area (Å²) in [5, 5.41) is 0. The van der Waals surface area contributed by atoms with Crippen LogP contribution < -0.4 is 4.74 Å². The molecule has 1 unspecified atom stereocenters. The third-order valence-corrected chi connectivity index (χ3v) is 2.83. The van der Waals surface area contributed by atoms with Crippen LogP contribution in [0.5, 0.6) is 5.75 Å². The minimum Gasteiger partial charge on any atom is -0.496 e. The predicted octanol–water partition coefficient (Wildman–Crippen LogP) is 2.92. The van der Waals surface area contributed by atoms with Gasteiger partial charge in [0, 0.05) is 6.04 Å². The van der Waals surface area contributed by atoms with Crippen LogP contribution in [0.1, 0.15) is 18.1 Å². The molecule has 1 aromatic rings. The molecule has 0 saturated carbocycles. The highest BCUT2D eigenvalue weighted by Gasteiger charge is 2.09. The fourth-order valence-electron chi connectivity index (χ4n) is 1.57. The van der Waals surface area contributed by atoms with Crippen molar-refractivity contribution in [2.24, 2.45) is 0 Å².